The van der Waals surface area contributed by atoms with Crippen molar-refractivity contribution in [1.29, 1.82) is 0 Å². The van der Waals surface area contributed by atoms with Crippen LogP contribution in [0.2, 0.25) is 0 Å². The summed E-state index contributed by atoms with van der Waals surface area (Å²) in [6, 6.07) is 6.78. The van der Waals surface area contributed by atoms with Crippen LogP contribution in [0.3, 0.4) is 0 Å². The Balaban J connectivity index is 2.10. The molecule has 0 aliphatic heterocycles. The van der Waals surface area contributed by atoms with E-state index in [1.54, 1.807) is 44.8 Å². The van der Waals surface area contributed by atoms with Crippen LogP contribution >= 0.6 is 15.9 Å². The highest BCUT2D eigenvalue weighted by molar-refractivity contribution is 9.10. The molecule has 0 spiro atoms. The second-order valence-electron chi connectivity index (χ2n) is 4.17. The highest BCUT2D eigenvalue weighted by Crippen LogP contribution is 2.35. The van der Waals surface area contributed by atoms with Crippen LogP contribution in [-0.4, -0.2) is 31.3 Å². The Kier molecular flexibility index (Phi) is 5.48. The van der Waals surface area contributed by atoms with Gasteiger partial charge in [-0.1, -0.05) is 0 Å². The van der Waals surface area contributed by atoms with E-state index < -0.39 is 0 Å². The van der Waals surface area contributed by atoms with E-state index in [2.05, 4.69) is 31.4 Å². The fourth-order valence-electron chi connectivity index (χ4n) is 1.75. The van der Waals surface area contributed by atoms with E-state index in [4.69, 9.17) is 9.47 Å². The summed E-state index contributed by atoms with van der Waals surface area (Å²) in [5.74, 6) is 0.859. The van der Waals surface area contributed by atoms with Crippen molar-refractivity contribution in [1.82, 2.24) is 10.4 Å². The zero-order valence-electron chi connectivity index (χ0n) is 12.0. The largest absolute Gasteiger partial charge is 0.493 e. The molecule has 114 valence electrons. The topological polar surface area (TPSA) is 72.8 Å². The summed E-state index contributed by atoms with van der Waals surface area (Å²) in [5, 5.41) is 3.93. The monoisotopic (exact) mass is 363 g/mol. The molecule has 0 atom stereocenters. The van der Waals surface area contributed by atoms with Crippen LogP contribution in [0.4, 0.5) is 0 Å². The first-order chi connectivity index (χ1) is 10.7. The number of hydrazone groups is 1. The van der Waals surface area contributed by atoms with Crippen LogP contribution in [0.5, 0.6) is 11.5 Å². The minimum atomic E-state index is -0.307. The molecular formula is C15H14BrN3O3. The normalized spacial score (nSPS) is 10.5. The average Bonchev–Trinajstić information content (AvgIpc) is 2.55. The lowest BCUT2D eigenvalue weighted by molar-refractivity contribution is 0.0955. The van der Waals surface area contributed by atoms with Crippen LogP contribution < -0.4 is 14.9 Å². The number of hydrogen-bond donors (Lipinski definition) is 1. The zero-order chi connectivity index (χ0) is 15.9. The van der Waals surface area contributed by atoms with Crippen LogP contribution in [0.25, 0.3) is 0 Å². The van der Waals surface area contributed by atoms with Crippen molar-refractivity contribution in [3.8, 4) is 11.5 Å². The predicted octanol–water partition coefficient (Wildman–Crippen LogP) is 2.63. The minimum absolute atomic E-state index is 0.307. The van der Waals surface area contributed by atoms with E-state index >= 15 is 0 Å². The molecule has 1 N–H and O–H groups in total. The van der Waals surface area contributed by atoms with E-state index in [9.17, 15) is 4.79 Å². The summed E-state index contributed by atoms with van der Waals surface area (Å²) in [7, 11) is 3.11. The van der Waals surface area contributed by atoms with Crippen molar-refractivity contribution in [3.05, 3.63) is 52.3 Å². The van der Waals surface area contributed by atoms with Crippen molar-refractivity contribution >= 4 is 28.1 Å². The number of rotatable bonds is 5. The molecule has 0 saturated heterocycles. The van der Waals surface area contributed by atoms with E-state index in [1.807, 2.05) is 6.07 Å². The van der Waals surface area contributed by atoms with Gasteiger partial charge in [-0.25, -0.2) is 5.43 Å². The third kappa shape index (κ3) is 3.82. The van der Waals surface area contributed by atoms with E-state index in [-0.39, 0.29) is 5.91 Å². The molecule has 2 aromatic rings. The van der Waals surface area contributed by atoms with Crippen molar-refractivity contribution in [3.63, 3.8) is 0 Å². The SMILES string of the molecule is COc1cc(C=NNC(=O)c2ccncc2)cc(Br)c1OC. The molecule has 0 fully saturated rings. The lowest BCUT2D eigenvalue weighted by atomic mass is 10.2. The molecule has 0 radical (unpaired) electrons. The van der Waals surface area contributed by atoms with E-state index in [1.165, 1.54) is 6.21 Å². The number of carbonyl (C=O) groups excluding carboxylic acids is 1. The lowest BCUT2D eigenvalue weighted by Crippen LogP contribution is -2.17. The first kappa shape index (κ1) is 16.0. The summed E-state index contributed by atoms with van der Waals surface area (Å²) in [5.41, 5.74) is 3.68. The van der Waals surface area contributed by atoms with Gasteiger partial charge < -0.3 is 9.47 Å². The Labute approximate surface area is 136 Å². The number of amides is 1. The van der Waals surface area contributed by atoms with Gasteiger partial charge in [-0.3, -0.25) is 9.78 Å². The minimum Gasteiger partial charge on any atom is -0.493 e. The molecule has 6 nitrogen and oxygen atoms in total. The molecule has 0 bridgehead atoms. The van der Waals surface area contributed by atoms with Gasteiger partial charge in [0, 0.05) is 18.0 Å². The molecule has 22 heavy (non-hydrogen) atoms. The maximum atomic E-state index is 11.8. The molecule has 1 heterocycles. The summed E-state index contributed by atoms with van der Waals surface area (Å²) >= 11 is 3.40. The van der Waals surface area contributed by atoms with Crippen LogP contribution in [0.1, 0.15) is 15.9 Å². The zero-order valence-corrected chi connectivity index (χ0v) is 13.6. The molecule has 0 unspecified atom stereocenters. The maximum Gasteiger partial charge on any atom is 0.271 e. The van der Waals surface area contributed by atoms with E-state index in [0.717, 1.165) is 10.0 Å². The first-order valence-corrected chi connectivity index (χ1v) is 7.10. The summed E-state index contributed by atoms with van der Waals surface area (Å²) in [4.78, 5) is 15.7. The maximum absolute atomic E-state index is 11.8. The molecule has 1 aromatic carbocycles. The van der Waals surface area contributed by atoms with Crippen molar-refractivity contribution in [2.75, 3.05) is 14.2 Å². The Morgan fingerprint density at radius 1 is 1.27 bits per heavy atom. The van der Waals surface area contributed by atoms with Gasteiger partial charge in [0.2, 0.25) is 0 Å². The number of halogens is 1. The van der Waals surface area contributed by atoms with Crippen molar-refractivity contribution in [2.24, 2.45) is 5.10 Å². The van der Waals surface area contributed by atoms with E-state index in [0.29, 0.717) is 17.1 Å². The van der Waals surface area contributed by atoms with Crippen molar-refractivity contribution < 1.29 is 14.3 Å². The molecule has 0 aliphatic rings. The molecule has 0 aliphatic carbocycles. The van der Waals surface area contributed by atoms with Gasteiger partial charge in [0.15, 0.2) is 11.5 Å². The number of ether oxygens (including phenoxy) is 2. The summed E-state index contributed by atoms with van der Waals surface area (Å²) < 4.78 is 11.2. The number of benzene rings is 1. The highest BCUT2D eigenvalue weighted by Gasteiger charge is 2.09. The molecule has 7 heteroatoms. The van der Waals surface area contributed by atoms with Crippen LogP contribution in [0, 0.1) is 0 Å². The molecule has 0 saturated carbocycles. The number of nitrogens with zero attached hydrogens (tertiary/aromatic N) is 2. The molecule has 1 amide bonds. The van der Waals surface area contributed by atoms with Gasteiger partial charge in [0.25, 0.3) is 5.91 Å². The summed E-state index contributed by atoms with van der Waals surface area (Å²) in [6.07, 6.45) is 4.61. The fourth-order valence-corrected chi connectivity index (χ4v) is 2.37. The number of methoxy groups -OCH3 is 2. The predicted molar refractivity (Wildman–Crippen MR) is 86.5 cm³/mol. The summed E-state index contributed by atoms with van der Waals surface area (Å²) in [6.45, 7) is 0. The molecule has 2 rings (SSSR count). The van der Waals surface area contributed by atoms with Gasteiger partial charge in [-0.15, -0.1) is 0 Å². The van der Waals surface area contributed by atoms with Crippen LogP contribution in [0.15, 0.2) is 46.2 Å². The Bertz CT molecular complexity index is 690. The van der Waals surface area contributed by atoms with Gasteiger partial charge in [-0.05, 0) is 45.8 Å². The second kappa shape index (κ2) is 7.56. The number of carbonyl (C=O) groups is 1. The quantitative estimate of drug-likeness (QED) is 0.654. The number of nitrogens with one attached hydrogen (secondary N) is 1. The van der Waals surface area contributed by atoms with Gasteiger partial charge in [-0.2, -0.15) is 5.10 Å². The third-order valence-electron chi connectivity index (χ3n) is 2.78. The highest BCUT2D eigenvalue weighted by atomic mass is 79.9. The lowest BCUT2D eigenvalue weighted by Gasteiger charge is -2.10. The number of pyridine rings is 1. The Morgan fingerprint density at radius 2 is 2.00 bits per heavy atom. The second-order valence-corrected chi connectivity index (χ2v) is 5.03. The molecular weight excluding hydrogens is 350 g/mol. The average molecular weight is 364 g/mol. The standard InChI is InChI=1S/C15H14BrN3O3/c1-21-13-8-10(7-12(16)14(13)22-2)9-18-19-15(20)11-3-5-17-6-4-11/h3-9H,1-2H3,(H,19,20). The third-order valence-corrected chi connectivity index (χ3v) is 3.37. The Morgan fingerprint density at radius 3 is 2.64 bits per heavy atom. The molecule has 1 aromatic heterocycles. The van der Waals surface area contributed by atoms with Gasteiger partial charge >= 0.3 is 0 Å². The Hall–Kier alpha value is -2.41. The van der Waals surface area contributed by atoms with Gasteiger partial charge in [0.1, 0.15) is 0 Å². The fraction of sp³-hybridized carbons (Fsp3) is 0.133. The number of aromatic nitrogens is 1. The smallest absolute Gasteiger partial charge is 0.271 e. The van der Waals surface area contributed by atoms with Crippen LogP contribution in [-0.2, 0) is 0 Å². The van der Waals surface area contributed by atoms with Crippen molar-refractivity contribution in [2.45, 2.75) is 0 Å². The van der Waals surface area contributed by atoms with Gasteiger partial charge in [0.05, 0.1) is 24.9 Å². The first-order valence-electron chi connectivity index (χ1n) is 6.30. The number of hydrogen-bond acceptors (Lipinski definition) is 5.